The number of ether oxygens (including phenoxy) is 3. The van der Waals surface area contributed by atoms with E-state index in [9.17, 15) is 19.2 Å². The second-order valence-electron chi connectivity index (χ2n) is 20.7. The molecule has 6 aromatic carbocycles. The van der Waals surface area contributed by atoms with Gasteiger partial charge in [0.05, 0.1) is 33.1 Å². The summed E-state index contributed by atoms with van der Waals surface area (Å²) in [7, 11) is 0. The van der Waals surface area contributed by atoms with E-state index in [2.05, 4.69) is 125 Å². The molecule has 0 bridgehead atoms. The number of hydrogen-bond acceptors (Lipinski definition) is 10. The molecule has 12 rings (SSSR count). The van der Waals surface area contributed by atoms with Crippen molar-refractivity contribution in [1.29, 1.82) is 0 Å². The third-order valence-corrected chi connectivity index (χ3v) is 15.3. The molecule has 16 heteroatoms. The van der Waals surface area contributed by atoms with Gasteiger partial charge in [0.2, 0.25) is 0 Å². The molecule has 3 aliphatic carbocycles. The van der Waals surface area contributed by atoms with Crippen LogP contribution in [0.3, 0.4) is 0 Å². The highest BCUT2D eigenvalue weighted by Crippen LogP contribution is 2.34. The smallest absolute Gasteiger partial charge is 0.323 e. The summed E-state index contributed by atoms with van der Waals surface area (Å²) < 4.78 is 16.9. The zero-order valence-corrected chi connectivity index (χ0v) is 44.9. The first-order valence-electron chi connectivity index (χ1n) is 28.1. The quantitative estimate of drug-likeness (QED) is 0.0415. The van der Waals surface area contributed by atoms with E-state index in [1.165, 1.54) is 68.1 Å². The van der Waals surface area contributed by atoms with Crippen LogP contribution >= 0.6 is 0 Å². The fourth-order valence-electron chi connectivity index (χ4n) is 11.1. The van der Waals surface area contributed by atoms with Crippen LogP contribution in [0.2, 0.25) is 0 Å². The molecule has 3 aliphatic rings. The predicted molar refractivity (Wildman–Crippen MR) is 314 cm³/mol. The summed E-state index contributed by atoms with van der Waals surface area (Å²) in [6, 6.07) is 50.0. The number of aromatic nitrogens is 6. The van der Waals surface area contributed by atoms with Gasteiger partial charge >= 0.3 is 17.1 Å². The van der Waals surface area contributed by atoms with Crippen LogP contribution in [0.15, 0.2) is 160 Å². The van der Waals surface area contributed by atoms with Gasteiger partial charge in [0.15, 0.2) is 0 Å². The van der Waals surface area contributed by atoms with Crippen molar-refractivity contribution >= 4 is 38.9 Å². The van der Waals surface area contributed by atoms with E-state index in [1.54, 1.807) is 18.2 Å². The lowest BCUT2D eigenvalue weighted by Crippen LogP contribution is -2.35. The molecule has 0 radical (unpaired) electrons. The third kappa shape index (κ3) is 16.8. The van der Waals surface area contributed by atoms with Gasteiger partial charge in [-0.25, -0.2) is 14.4 Å². The molecule has 9 aromatic rings. The Morgan fingerprint density at radius 2 is 0.696 bits per heavy atom. The lowest BCUT2D eigenvalue weighted by molar-refractivity contribution is -0.120. The highest BCUT2D eigenvalue weighted by atomic mass is 16.5. The van der Waals surface area contributed by atoms with E-state index < -0.39 is 0 Å². The Bertz CT molecular complexity index is 3280. The van der Waals surface area contributed by atoms with E-state index in [0.717, 1.165) is 83.4 Å². The molecular weight excluding hydrogens is 995 g/mol. The summed E-state index contributed by atoms with van der Waals surface area (Å²) in [5, 5.41) is 7.23. The maximum Gasteiger partial charge on any atom is 0.323 e. The largest absolute Gasteiger partial charge is 0.492 e. The molecule has 0 unspecified atom stereocenters. The van der Waals surface area contributed by atoms with Crippen LogP contribution in [0, 0.1) is 0 Å². The molecule has 0 atom stereocenters. The monoisotopic (exact) mass is 1070 g/mol. The lowest BCUT2D eigenvalue weighted by Gasteiger charge is -2.29. The van der Waals surface area contributed by atoms with Crippen molar-refractivity contribution in [1.82, 2.24) is 40.5 Å². The number of Topliss-reactive ketones (excluding diaryl/α,β-unsaturated/α-hetero) is 1. The Hall–Kier alpha value is -7.92. The van der Waals surface area contributed by atoms with Crippen molar-refractivity contribution < 1.29 is 19.0 Å². The van der Waals surface area contributed by atoms with Crippen LogP contribution < -0.4 is 47.6 Å². The predicted octanol–water partition coefficient (Wildman–Crippen LogP) is 10.2. The van der Waals surface area contributed by atoms with Crippen molar-refractivity contribution in [3.05, 3.63) is 194 Å². The van der Waals surface area contributed by atoms with Gasteiger partial charge < -0.3 is 60.5 Å². The van der Waals surface area contributed by atoms with E-state index in [-0.39, 0.29) is 17.1 Å². The maximum absolute atomic E-state index is 11.3. The van der Waals surface area contributed by atoms with Gasteiger partial charge in [-0.1, -0.05) is 91.0 Å². The average molecular weight is 1070 g/mol. The van der Waals surface area contributed by atoms with Crippen molar-refractivity contribution in [2.24, 2.45) is 5.73 Å². The third-order valence-electron chi connectivity index (χ3n) is 15.3. The summed E-state index contributed by atoms with van der Waals surface area (Å²) in [6.45, 7) is 3.87. The van der Waals surface area contributed by atoms with E-state index in [4.69, 9.17) is 19.9 Å². The molecule has 0 saturated heterocycles. The molecule has 16 nitrogen and oxygen atoms in total. The summed E-state index contributed by atoms with van der Waals surface area (Å²) in [5.41, 5.74) is 13.7. The molecule has 3 heterocycles. The molecule has 10 N–H and O–H groups in total. The summed E-state index contributed by atoms with van der Waals surface area (Å²) in [4.78, 5) is 60.8. The second-order valence-corrected chi connectivity index (χ2v) is 20.7. The van der Waals surface area contributed by atoms with Crippen LogP contribution in [0.4, 0.5) is 0 Å². The van der Waals surface area contributed by atoms with Gasteiger partial charge in [0, 0.05) is 62.8 Å². The van der Waals surface area contributed by atoms with Crippen molar-refractivity contribution in [2.45, 2.75) is 107 Å². The molecule has 3 saturated carbocycles. The van der Waals surface area contributed by atoms with E-state index in [1.807, 2.05) is 42.5 Å². The average Bonchev–Trinajstić information content (AvgIpc) is 4.23. The Kier molecular flexibility index (Phi) is 20.2. The first-order valence-corrected chi connectivity index (χ1v) is 28.1. The minimum Gasteiger partial charge on any atom is -0.492 e. The number of hydrogen-bond donors (Lipinski definition) is 9. The van der Waals surface area contributed by atoms with Crippen molar-refractivity contribution in [3.63, 3.8) is 0 Å². The maximum atomic E-state index is 11.3. The van der Waals surface area contributed by atoms with Crippen molar-refractivity contribution in [3.8, 4) is 17.2 Å². The molecule has 0 aliphatic heterocycles. The van der Waals surface area contributed by atoms with Crippen LogP contribution in [0.5, 0.6) is 17.2 Å². The zero-order chi connectivity index (χ0) is 54.6. The molecule has 3 fully saturated rings. The fourth-order valence-corrected chi connectivity index (χ4v) is 11.1. The number of carbonyl (C=O) groups excluding carboxylic acids is 1. The Morgan fingerprint density at radius 1 is 0.380 bits per heavy atom. The number of benzene rings is 6. The molecular formula is C63H75N9O7. The highest BCUT2D eigenvalue weighted by molar-refractivity contribution is 5.79. The first kappa shape index (κ1) is 55.8. The van der Waals surface area contributed by atoms with Gasteiger partial charge in [-0.05, 0) is 135 Å². The topological polar surface area (TPSA) is 241 Å². The fraction of sp³-hybridized carbons (Fsp3) is 0.365. The van der Waals surface area contributed by atoms with Crippen LogP contribution in [-0.4, -0.2) is 87.2 Å². The number of rotatable bonds is 16. The normalized spacial score (nSPS) is 18.4. The minimum atomic E-state index is -0.212. The number of nitrogens with two attached hydrogens (primary N) is 1. The number of fused-ring (bicyclic) bond motifs is 3. The molecule has 79 heavy (non-hydrogen) atoms. The van der Waals surface area contributed by atoms with Gasteiger partial charge in [0.1, 0.15) is 42.9 Å². The van der Waals surface area contributed by atoms with E-state index >= 15 is 0 Å². The number of ketones is 1. The van der Waals surface area contributed by atoms with Gasteiger partial charge in [-0.2, -0.15) is 0 Å². The number of H-pyrrole nitrogens is 6. The van der Waals surface area contributed by atoms with E-state index in [0.29, 0.717) is 67.7 Å². The number of aromatic amines is 6. The first-order chi connectivity index (χ1) is 38.7. The molecule has 0 amide bonds. The van der Waals surface area contributed by atoms with Gasteiger partial charge in [-0.3, -0.25) is 4.79 Å². The summed E-state index contributed by atoms with van der Waals surface area (Å²) in [5.74, 6) is 4.75. The number of nitrogens with one attached hydrogen (secondary N) is 8. The molecule has 414 valence electrons. The minimum absolute atomic E-state index is 0.190. The molecule has 3 aromatic heterocycles. The second kappa shape index (κ2) is 28.6. The van der Waals surface area contributed by atoms with Gasteiger partial charge in [-0.15, -0.1) is 0 Å². The summed E-state index contributed by atoms with van der Waals surface area (Å²) in [6.07, 6.45) is 13.5. The highest BCUT2D eigenvalue weighted by Gasteiger charge is 2.23. The summed E-state index contributed by atoms with van der Waals surface area (Å²) >= 11 is 0. The zero-order valence-electron chi connectivity index (χ0n) is 44.9. The van der Waals surface area contributed by atoms with Crippen LogP contribution in [0.1, 0.15) is 111 Å². The molecule has 0 spiro atoms. The van der Waals surface area contributed by atoms with Crippen molar-refractivity contribution in [2.75, 3.05) is 39.5 Å². The van der Waals surface area contributed by atoms with Crippen LogP contribution in [-0.2, 0) is 4.79 Å². The van der Waals surface area contributed by atoms with Gasteiger partial charge in [0.25, 0.3) is 0 Å². The Balaban J connectivity index is 0.000000134. The SMILES string of the molecule is NCCOc1ccc2[nH]c(=O)[nH]c2c1.O=C1CCC(c2ccccc2)CC1.O=c1[nH]c2ccc(OCCNC3CCC(c4ccccc4)CC3)cc2[nH]1.O=c1[nH]c2ccc(OCCNC3CCC(c4ccccc4)CC3)cc2[nH]1. The standard InChI is InChI=1S/2C21H25N3O2.C12H14O.C9H11N3O2/c2*25-21-23-19-11-10-18(14-20(19)24-21)26-13-12-22-17-8-6-16(7-9-17)15-4-2-1-3-5-15;13-12-8-6-11(7-9-12)10-4-2-1-3-5-10;10-3-4-14-6-1-2-7-8(5-6)12-9(13)11-7/h2*1-5,10-11,14,16-17,22H,6-9,12-13H2,(H2,23,24,25);1-5,11H,6-9H2;1-2,5H,3-4,10H2,(H2,11,12,13). The Morgan fingerprint density at radius 3 is 1.04 bits per heavy atom. The van der Waals surface area contributed by atoms with Crippen LogP contribution in [0.25, 0.3) is 33.1 Å². The Labute approximate surface area is 459 Å². The number of imidazole rings is 3. The number of carbonyl (C=O) groups is 1. The lowest BCUT2D eigenvalue weighted by atomic mass is 9.82.